The number of non-ortho nitro benzene ring substituents is 1. The third kappa shape index (κ3) is 3.11. The second-order valence-corrected chi connectivity index (χ2v) is 5.52. The molecule has 3 rings (SSSR count). The summed E-state index contributed by atoms with van der Waals surface area (Å²) in [5, 5.41) is 16.9. The van der Waals surface area contributed by atoms with Crippen LogP contribution in [0, 0.1) is 10.1 Å². The lowest BCUT2D eigenvalue weighted by molar-refractivity contribution is -0.384. The summed E-state index contributed by atoms with van der Waals surface area (Å²) >= 11 is 6.02. The van der Waals surface area contributed by atoms with E-state index in [9.17, 15) is 14.9 Å². The van der Waals surface area contributed by atoms with Gasteiger partial charge in [0.25, 0.3) is 11.2 Å². The number of aromatic amines is 1. The van der Waals surface area contributed by atoms with E-state index in [4.69, 9.17) is 11.6 Å². The van der Waals surface area contributed by atoms with Crippen LogP contribution in [0.2, 0.25) is 5.02 Å². The third-order valence-corrected chi connectivity index (χ3v) is 4.19. The van der Waals surface area contributed by atoms with Crippen molar-refractivity contribution in [1.29, 1.82) is 0 Å². The molecule has 1 saturated heterocycles. The fourth-order valence-electron chi connectivity index (χ4n) is 2.59. The monoisotopic (exact) mass is 335 g/mol. The Balaban J connectivity index is 1.69. The van der Waals surface area contributed by atoms with Crippen LogP contribution in [0.25, 0.3) is 0 Å². The van der Waals surface area contributed by atoms with Gasteiger partial charge < -0.3 is 9.80 Å². The number of nitrogens with one attached hydrogen (secondary N) is 1. The average Bonchev–Trinajstić information content (AvgIpc) is 2.58. The lowest BCUT2D eigenvalue weighted by Crippen LogP contribution is -2.47. The molecule has 0 spiro atoms. The predicted molar refractivity (Wildman–Crippen MR) is 87.4 cm³/mol. The molecule has 1 aromatic carbocycles. The zero-order chi connectivity index (χ0) is 16.4. The minimum absolute atomic E-state index is 0.0775. The van der Waals surface area contributed by atoms with Crippen molar-refractivity contribution in [2.24, 2.45) is 0 Å². The molecule has 0 saturated carbocycles. The third-order valence-electron chi connectivity index (χ3n) is 3.82. The van der Waals surface area contributed by atoms with Gasteiger partial charge in [-0.25, -0.2) is 5.10 Å². The summed E-state index contributed by atoms with van der Waals surface area (Å²) in [6, 6.07) is 6.49. The molecule has 0 aliphatic carbocycles. The smallest absolute Gasteiger partial charge is 0.285 e. The fraction of sp³-hybridized carbons (Fsp3) is 0.286. The molecule has 1 aliphatic rings. The van der Waals surface area contributed by atoms with E-state index in [0.717, 1.165) is 18.8 Å². The first-order valence-electron chi connectivity index (χ1n) is 7.04. The van der Waals surface area contributed by atoms with E-state index in [1.165, 1.54) is 12.1 Å². The molecule has 1 fully saturated rings. The maximum absolute atomic E-state index is 11.5. The molecule has 120 valence electrons. The highest BCUT2D eigenvalue weighted by molar-refractivity contribution is 6.33. The summed E-state index contributed by atoms with van der Waals surface area (Å²) < 4.78 is 0. The molecule has 1 N–H and O–H groups in total. The van der Waals surface area contributed by atoms with Crippen LogP contribution in [-0.4, -0.2) is 41.3 Å². The highest BCUT2D eigenvalue weighted by Crippen LogP contribution is 2.25. The number of anilines is 2. The van der Waals surface area contributed by atoms with Crippen molar-refractivity contribution >= 4 is 28.7 Å². The molecule has 23 heavy (non-hydrogen) atoms. The summed E-state index contributed by atoms with van der Waals surface area (Å²) in [7, 11) is 0. The Morgan fingerprint density at radius 3 is 2.35 bits per heavy atom. The number of rotatable bonds is 3. The maximum atomic E-state index is 11.5. The average molecular weight is 336 g/mol. The van der Waals surface area contributed by atoms with Crippen molar-refractivity contribution in [3.63, 3.8) is 0 Å². The van der Waals surface area contributed by atoms with E-state index in [1.807, 2.05) is 4.90 Å². The topological polar surface area (TPSA) is 95.4 Å². The molecular weight excluding hydrogens is 322 g/mol. The SMILES string of the molecule is O=c1[nH]ncc(N2CCN(c3ccc([N+](=O)[O-])cc3)CC2)c1Cl. The molecule has 2 heterocycles. The number of nitro groups is 1. The molecule has 8 nitrogen and oxygen atoms in total. The van der Waals surface area contributed by atoms with Gasteiger partial charge in [-0.1, -0.05) is 11.6 Å². The Morgan fingerprint density at radius 1 is 1.13 bits per heavy atom. The minimum Gasteiger partial charge on any atom is -0.368 e. The Morgan fingerprint density at radius 2 is 1.74 bits per heavy atom. The molecule has 0 unspecified atom stereocenters. The zero-order valence-corrected chi connectivity index (χ0v) is 12.9. The van der Waals surface area contributed by atoms with Gasteiger partial charge in [-0.15, -0.1) is 0 Å². The van der Waals surface area contributed by atoms with E-state index >= 15 is 0 Å². The number of H-pyrrole nitrogens is 1. The van der Waals surface area contributed by atoms with Crippen molar-refractivity contribution in [3.05, 3.63) is 56.0 Å². The van der Waals surface area contributed by atoms with Crippen LogP contribution in [-0.2, 0) is 0 Å². The Labute approximate surface area is 136 Å². The molecule has 0 radical (unpaired) electrons. The van der Waals surface area contributed by atoms with Crippen LogP contribution in [0.15, 0.2) is 35.3 Å². The van der Waals surface area contributed by atoms with Crippen molar-refractivity contribution in [2.45, 2.75) is 0 Å². The van der Waals surface area contributed by atoms with Gasteiger partial charge >= 0.3 is 0 Å². The van der Waals surface area contributed by atoms with Gasteiger partial charge in [0, 0.05) is 44.0 Å². The van der Waals surface area contributed by atoms with Crippen LogP contribution in [0.3, 0.4) is 0 Å². The van der Waals surface area contributed by atoms with Crippen LogP contribution >= 0.6 is 11.6 Å². The fourth-order valence-corrected chi connectivity index (χ4v) is 2.80. The molecule has 0 atom stereocenters. The number of aromatic nitrogens is 2. The molecule has 9 heteroatoms. The lowest BCUT2D eigenvalue weighted by Gasteiger charge is -2.37. The van der Waals surface area contributed by atoms with E-state index < -0.39 is 10.5 Å². The number of benzene rings is 1. The van der Waals surface area contributed by atoms with Crippen LogP contribution in [0.5, 0.6) is 0 Å². The zero-order valence-electron chi connectivity index (χ0n) is 12.1. The van der Waals surface area contributed by atoms with Crippen LogP contribution in [0.4, 0.5) is 17.1 Å². The van der Waals surface area contributed by atoms with Gasteiger partial charge in [0.2, 0.25) is 0 Å². The minimum atomic E-state index is -0.413. The summed E-state index contributed by atoms with van der Waals surface area (Å²) in [5.74, 6) is 0. The van der Waals surface area contributed by atoms with Gasteiger partial charge in [0.1, 0.15) is 5.02 Å². The molecule has 0 amide bonds. The number of nitrogens with zero attached hydrogens (tertiary/aromatic N) is 4. The van der Waals surface area contributed by atoms with Gasteiger partial charge in [-0.3, -0.25) is 14.9 Å². The van der Waals surface area contributed by atoms with Gasteiger partial charge in [-0.2, -0.15) is 5.10 Å². The van der Waals surface area contributed by atoms with E-state index in [0.29, 0.717) is 18.8 Å². The molecule has 2 aromatic rings. The first-order chi connectivity index (χ1) is 11.1. The van der Waals surface area contributed by atoms with Crippen molar-refractivity contribution in [3.8, 4) is 0 Å². The lowest BCUT2D eigenvalue weighted by atomic mass is 10.2. The van der Waals surface area contributed by atoms with Gasteiger partial charge in [0.05, 0.1) is 16.8 Å². The maximum Gasteiger partial charge on any atom is 0.285 e. The standard InChI is InChI=1S/C14H14ClN5O3/c15-13-12(9-16-17-14(13)21)19-7-5-18(6-8-19)10-1-3-11(4-2-10)20(22)23/h1-4,9H,5-8H2,(H,17,21). The van der Waals surface area contributed by atoms with Crippen molar-refractivity contribution < 1.29 is 4.92 Å². The quantitative estimate of drug-likeness (QED) is 0.677. The van der Waals surface area contributed by atoms with Crippen LogP contribution in [0.1, 0.15) is 0 Å². The van der Waals surface area contributed by atoms with Crippen molar-refractivity contribution in [2.75, 3.05) is 36.0 Å². The van der Waals surface area contributed by atoms with Crippen LogP contribution < -0.4 is 15.4 Å². The second-order valence-electron chi connectivity index (χ2n) is 5.15. The first kappa shape index (κ1) is 15.3. The highest BCUT2D eigenvalue weighted by atomic mass is 35.5. The van der Waals surface area contributed by atoms with Gasteiger partial charge in [-0.05, 0) is 12.1 Å². The Kier molecular flexibility index (Phi) is 4.16. The number of piperazine rings is 1. The largest absolute Gasteiger partial charge is 0.368 e. The first-order valence-corrected chi connectivity index (χ1v) is 7.41. The van der Waals surface area contributed by atoms with E-state index in [2.05, 4.69) is 15.1 Å². The number of nitro benzene ring substituents is 1. The Hall–Kier alpha value is -2.61. The normalized spacial score (nSPS) is 14.8. The summed E-state index contributed by atoms with van der Waals surface area (Å²) in [4.78, 5) is 25.9. The summed E-state index contributed by atoms with van der Waals surface area (Å²) in [5.41, 5.74) is 1.24. The highest BCUT2D eigenvalue weighted by Gasteiger charge is 2.21. The molecule has 1 aromatic heterocycles. The number of hydrogen-bond acceptors (Lipinski definition) is 6. The molecule has 0 bridgehead atoms. The van der Waals surface area contributed by atoms with Crippen molar-refractivity contribution in [1.82, 2.24) is 10.2 Å². The summed E-state index contributed by atoms with van der Waals surface area (Å²) in [6.07, 6.45) is 1.55. The second kappa shape index (κ2) is 6.25. The molecular formula is C14H14ClN5O3. The van der Waals surface area contributed by atoms with Gasteiger partial charge in [0.15, 0.2) is 0 Å². The number of hydrogen-bond donors (Lipinski definition) is 1. The molecule has 1 aliphatic heterocycles. The summed E-state index contributed by atoms with van der Waals surface area (Å²) in [6.45, 7) is 2.81. The van der Waals surface area contributed by atoms with E-state index in [-0.39, 0.29) is 10.7 Å². The van der Waals surface area contributed by atoms with E-state index in [1.54, 1.807) is 18.3 Å². The Bertz CT molecular complexity index is 769. The number of halogens is 1. The predicted octanol–water partition coefficient (Wildman–Crippen LogP) is 1.66.